The highest BCUT2D eigenvalue weighted by molar-refractivity contribution is 5.95. The molecule has 4 aliphatic carbocycles. The Morgan fingerprint density at radius 3 is 2.52 bits per heavy atom. The molecule has 2 aliphatic heterocycles. The summed E-state index contributed by atoms with van der Waals surface area (Å²) < 4.78 is 18.4. The van der Waals surface area contributed by atoms with Crippen LogP contribution in [0.15, 0.2) is 60.4 Å². The van der Waals surface area contributed by atoms with Gasteiger partial charge >= 0.3 is 0 Å². The summed E-state index contributed by atoms with van der Waals surface area (Å²) in [5.41, 5.74) is 8.15. The van der Waals surface area contributed by atoms with Crippen LogP contribution in [-0.2, 0) is 16.0 Å². The zero-order chi connectivity index (χ0) is 33.9. The van der Waals surface area contributed by atoms with Crippen molar-refractivity contribution in [3.63, 3.8) is 0 Å². The first-order valence-electron chi connectivity index (χ1n) is 19.6. The van der Waals surface area contributed by atoms with Crippen molar-refractivity contribution in [2.45, 2.75) is 124 Å². The van der Waals surface area contributed by atoms with Gasteiger partial charge in [-0.05, 0) is 122 Å². The molecule has 6 aliphatic rings. The van der Waals surface area contributed by atoms with Gasteiger partial charge in [-0.3, -0.25) is 4.79 Å². The number of ether oxygens (including phenoxy) is 2. The van der Waals surface area contributed by atoms with E-state index in [0.29, 0.717) is 41.9 Å². The minimum atomic E-state index is -0.330. The number of ketones is 1. The second kappa shape index (κ2) is 12.4. The van der Waals surface area contributed by atoms with Crippen LogP contribution in [-0.4, -0.2) is 28.8 Å². The number of benzene rings is 2. The minimum Gasteiger partial charge on any atom is -1.00 e. The maximum atomic E-state index is 13.4. The third-order valence-electron chi connectivity index (χ3n) is 15.6. The normalized spacial score (nSPS) is 40.4. The molecule has 5 nitrogen and oxygen atoms in total. The number of carbonyl (C=O) groups is 1. The average Bonchev–Trinajstić information content (AvgIpc) is 3.68. The van der Waals surface area contributed by atoms with Crippen molar-refractivity contribution in [3.05, 3.63) is 77.1 Å². The Kier molecular flexibility index (Phi) is 8.63. The predicted molar refractivity (Wildman–Crippen MR) is 193 cm³/mol. The molecule has 9 rings (SSSR count). The first-order chi connectivity index (χ1) is 23.5. The lowest BCUT2D eigenvalue weighted by Crippen LogP contribution is -3.00. The summed E-state index contributed by atoms with van der Waals surface area (Å²) in [6, 6.07) is 14.8. The molecule has 11 atom stereocenters. The van der Waals surface area contributed by atoms with Crippen LogP contribution in [0.3, 0.4) is 0 Å². The lowest BCUT2D eigenvalue weighted by Gasteiger charge is -2.58. The van der Waals surface area contributed by atoms with Crippen LogP contribution < -0.4 is 21.5 Å². The third-order valence-corrected chi connectivity index (χ3v) is 15.6. The topological polar surface area (TPSA) is 44.3 Å². The Bertz CT molecular complexity index is 1820. The second-order valence-electron chi connectivity index (χ2n) is 18.0. The smallest absolute Gasteiger partial charge is 0.245 e. The monoisotopic (exact) mass is 740 g/mol. The highest BCUT2D eigenvalue weighted by Gasteiger charge is 2.68. The second-order valence-corrected chi connectivity index (χ2v) is 18.0. The summed E-state index contributed by atoms with van der Waals surface area (Å²) >= 11 is 0. The van der Waals surface area contributed by atoms with E-state index in [1.165, 1.54) is 67.1 Å². The summed E-state index contributed by atoms with van der Waals surface area (Å²) in [7, 11) is 0. The van der Waals surface area contributed by atoms with E-state index >= 15 is 0 Å². The number of halogens is 1. The molecule has 0 unspecified atom stereocenters. The summed E-state index contributed by atoms with van der Waals surface area (Å²) in [5, 5.41) is 0. The van der Waals surface area contributed by atoms with Gasteiger partial charge in [0.15, 0.2) is 23.4 Å². The van der Waals surface area contributed by atoms with Gasteiger partial charge in [0.2, 0.25) is 12.1 Å². The summed E-state index contributed by atoms with van der Waals surface area (Å²) in [5.74, 6) is 3.85. The molecule has 1 spiro atoms. The van der Waals surface area contributed by atoms with Gasteiger partial charge in [-0.1, -0.05) is 69.7 Å². The fourth-order valence-corrected chi connectivity index (χ4v) is 12.7. The fraction of sp³-hybridized carbons (Fsp3) is 0.636. The van der Waals surface area contributed by atoms with E-state index in [2.05, 4.69) is 75.2 Å². The van der Waals surface area contributed by atoms with Crippen LogP contribution in [0.1, 0.15) is 113 Å². The number of rotatable bonds is 4. The van der Waals surface area contributed by atoms with Crippen LogP contribution in [0.2, 0.25) is 0 Å². The van der Waals surface area contributed by atoms with Gasteiger partial charge in [0.25, 0.3) is 0 Å². The zero-order valence-electron chi connectivity index (χ0n) is 31.1. The number of aryl methyl sites for hydroxylation is 2. The molecule has 6 heteroatoms. The number of fused-ring (bicyclic) bond motifs is 8. The summed E-state index contributed by atoms with van der Waals surface area (Å²) in [4.78, 5) is 13.4. The number of Topliss-reactive ketones (excluding diaryl/α,β-unsaturated/α-hetero) is 1. The molecule has 2 aromatic carbocycles. The Balaban J connectivity index is 0.00000361. The van der Waals surface area contributed by atoms with Crippen LogP contribution in [0, 0.1) is 60.2 Å². The van der Waals surface area contributed by atoms with Crippen LogP contribution in [0.5, 0.6) is 0 Å². The van der Waals surface area contributed by atoms with Gasteiger partial charge < -0.3 is 26.5 Å². The molecule has 268 valence electrons. The lowest BCUT2D eigenvalue weighted by atomic mass is 9.46. The van der Waals surface area contributed by atoms with Crippen molar-refractivity contribution in [1.82, 2.24) is 4.57 Å². The van der Waals surface area contributed by atoms with Gasteiger partial charge in [-0.15, -0.1) is 0 Å². The molecular formula is C44H57BrN2O3. The molecule has 5 fully saturated rings. The number of aromatic nitrogens is 2. The highest BCUT2D eigenvalue weighted by atomic mass is 79.9. The molecule has 3 heterocycles. The van der Waals surface area contributed by atoms with Gasteiger partial charge in [0.1, 0.15) is 6.04 Å². The Morgan fingerprint density at radius 2 is 1.76 bits per heavy atom. The molecule has 0 amide bonds. The summed E-state index contributed by atoms with van der Waals surface area (Å²) in [6.07, 6.45) is 16.3. The molecule has 1 aromatic heterocycles. The van der Waals surface area contributed by atoms with E-state index in [1.807, 2.05) is 30.3 Å². The number of imidazole rings is 1. The van der Waals surface area contributed by atoms with Crippen molar-refractivity contribution in [1.29, 1.82) is 0 Å². The maximum absolute atomic E-state index is 13.4. The Morgan fingerprint density at radius 1 is 0.980 bits per heavy atom. The minimum absolute atomic E-state index is 0. The van der Waals surface area contributed by atoms with Crippen molar-refractivity contribution in [3.8, 4) is 0 Å². The van der Waals surface area contributed by atoms with E-state index in [1.54, 1.807) is 5.57 Å². The molecule has 0 N–H and O–H groups in total. The van der Waals surface area contributed by atoms with Crippen molar-refractivity contribution < 1.29 is 35.8 Å². The molecule has 3 aromatic rings. The third kappa shape index (κ3) is 5.11. The van der Waals surface area contributed by atoms with E-state index in [0.717, 1.165) is 42.8 Å². The molecular weight excluding hydrogens is 684 g/mol. The van der Waals surface area contributed by atoms with Gasteiger partial charge in [0, 0.05) is 24.3 Å². The molecule has 3 saturated carbocycles. The van der Waals surface area contributed by atoms with Gasteiger partial charge in [0.05, 0.1) is 12.7 Å². The first-order valence-corrected chi connectivity index (χ1v) is 19.6. The van der Waals surface area contributed by atoms with Gasteiger partial charge in [-0.2, -0.15) is 0 Å². The Labute approximate surface area is 310 Å². The largest absolute Gasteiger partial charge is 1.00 e. The SMILES string of the molecule is Cc1cc2c(cc1C)[n+](CC(=O)c1ccccc1)cn2[C@@H]1CC[C@@]2(C)C(=CC[C@H]3[C@@H]4C[C@@H]5O[C@]6(CC[C@@H](C)CO6)[C@@H](C)[C@@H]5[C@@]4(C)CC[C@@H]32)C1.[Br-]. The molecule has 0 radical (unpaired) electrons. The maximum Gasteiger partial charge on any atom is 0.245 e. The fourth-order valence-electron chi connectivity index (χ4n) is 12.7. The highest BCUT2D eigenvalue weighted by Crippen LogP contribution is 2.71. The van der Waals surface area contributed by atoms with Crippen LogP contribution in [0.4, 0.5) is 0 Å². The zero-order valence-corrected chi connectivity index (χ0v) is 32.7. The van der Waals surface area contributed by atoms with E-state index in [-0.39, 0.29) is 34.0 Å². The van der Waals surface area contributed by atoms with Crippen LogP contribution >= 0.6 is 0 Å². The molecule has 50 heavy (non-hydrogen) atoms. The number of hydrogen-bond donors (Lipinski definition) is 0. The van der Waals surface area contributed by atoms with Crippen molar-refractivity contribution in [2.24, 2.45) is 46.3 Å². The lowest BCUT2D eigenvalue weighted by molar-refractivity contribution is -0.658. The standard InChI is InChI=1S/C44H57N2O3.BrH/c1-27-14-19-44(48-25-27)30(4)41-40(49-44)23-36-34-13-12-32-22-33(15-17-42(32,5)35(34)16-18-43(36,41)6)46-26-45(24-39(47)31-10-8-7-9-11-31)37-20-28(2)29(3)21-38(37)46;/h7-12,20-21,26-27,30,33-36,40-41H,13-19,22-25H2,1-6H3;1H/q+1;/p-1/t27-,30+,33-,34-,35+,36+,40+,41+,42+,43+,44-;/m1./s1. The molecule has 2 saturated heterocycles. The van der Waals surface area contributed by atoms with Crippen molar-refractivity contribution in [2.75, 3.05) is 6.61 Å². The van der Waals surface area contributed by atoms with E-state index < -0.39 is 0 Å². The number of hydrogen-bond acceptors (Lipinski definition) is 3. The predicted octanol–water partition coefficient (Wildman–Crippen LogP) is 6.34. The van der Waals surface area contributed by atoms with E-state index in [4.69, 9.17) is 9.47 Å². The number of allylic oxidation sites excluding steroid dienone is 2. The average molecular weight is 742 g/mol. The molecule has 0 bridgehead atoms. The van der Waals surface area contributed by atoms with Crippen LogP contribution in [0.25, 0.3) is 11.0 Å². The first kappa shape index (κ1) is 34.8. The Hall–Kier alpha value is -2.28. The quantitative estimate of drug-likeness (QED) is 0.178. The van der Waals surface area contributed by atoms with Gasteiger partial charge in [-0.25, -0.2) is 9.13 Å². The van der Waals surface area contributed by atoms with Crippen molar-refractivity contribution >= 4 is 16.8 Å². The number of carbonyl (C=O) groups excluding carboxylic acids is 1. The van der Waals surface area contributed by atoms with E-state index in [9.17, 15) is 4.79 Å². The number of nitrogens with zero attached hydrogens (tertiary/aromatic N) is 2. The summed E-state index contributed by atoms with van der Waals surface area (Å²) in [6.45, 7) is 15.7.